The molecule has 1 aromatic carbocycles. The maximum absolute atomic E-state index is 12.2. The highest BCUT2D eigenvalue weighted by atomic mass is 35.5. The van der Waals surface area contributed by atoms with Gasteiger partial charge < -0.3 is 5.32 Å². The van der Waals surface area contributed by atoms with Crippen LogP contribution in [0.5, 0.6) is 0 Å². The van der Waals surface area contributed by atoms with E-state index >= 15 is 0 Å². The van der Waals surface area contributed by atoms with E-state index in [0.29, 0.717) is 11.4 Å². The number of carbonyl (C=O) groups excluding carboxylic acids is 1. The first-order valence-electron chi connectivity index (χ1n) is 5.85. The highest BCUT2D eigenvalue weighted by Gasteiger charge is 2.12. The summed E-state index contributed by atoms with van der Waals surface area (Å²) >= 11 is 5.72. The van der Waals surface area contributed by atoms with Gasteiger partial charge in [0.05, 0.1) is 23.8 Å². The molecule has 1 amide bonds. The van der Waals surface area contributed by atoms with Crippen molar-refractivity contribution in [1.82, 2.24) is 30.2 Å². The van der Waals surface area contributed by atoms with Gasteiger partial charge in [0, 0.05) is 0 Å². The fourth-order valence-electron chi connectivity index (χ4n) is 1.69. The Morgan fingerprint density at radius 1 is 1.24 bits per heavy atom. The first kappa shape index (κ1) is 13.1. The number of nitrogens with zero attached hydrogens (tertiary/aromatic N) is 6. The van der Waals surface area contributed by atoms with Gasteiger partial charge >= 0.3 is 0 Å². The minimum atomic E-state index is -0.425. The zero-order valence-corrected chi connectivity index (χ0v) is 11.3. The van der Waals surface area contributed by atoms with Gasteiger partial charge in [0.25, 0.3) is 5.91 Å². The van der Waals surface area contributed by atoms with Crippen LogP contribution in [0.4, 0.5) is 5.69 Å². The molecule has 0 aliphatic heterocycles. The van der Waals surface area contributed by atoms with Crippen molar-refractivity contribution in [2.45, 2.75) is 0 Å². The number of halogens is 1. The molecule has 2 heterocycles. The summed E-state index contributed by atoms with van der Waals surface area (Å²) in [7, 11) is 0. The maximum Gasteiger partial charge on any atom is 0.275 e. The Bertz CT molecular complexity index is 775. The van der Waals surface area contributed by atoms with Crippen LogP contribution in [-0.4, -0.2) is 36.1 Å². The number of aromatic nitrogens is 6. The third-order valence-electron chi connectivity index (χ3n) is 2.59. The number of nitrogens with one attached hydrogen (secondary N) is 1. The van der Waals surface area contributed by atoms with E-state index < -0.39 is 5.91 Å². The molecule has 3 rings (SSSR count). The van der Waals surface area contributed by atoms with Crippen molar-refractivity contribution in [3.05, 3.63) is 53.8 Å². The smallest absolute Gasteiger partial charge is 0.275 e. The number of anilines is 1. The number of carbonyl (C=O) groups is 1. The molecule has 0 atom stereocenters. The molecule has 0 spiro atoms. The van der Waals surface area contributed by atoms with Gasteiger partial charge in [-0.05, 0) is 22.6 Å². The Morgan fingerprint density at radius 2 is 2.10 bits per heavy atom. The SMILES string of the molecule is O=C(Nc1ccccc1-n1cnnn1)c1cncc(Cl)n1. The standard InChI is InChI=1S/C12H8ClN7O/c13-11-6-14-5-9(16-11)12(21)17-8-3-1-2-4-10(8)20-7-15-18-19-20/h1-7H,(H,17,21). The molecule has 0 fully saturated rings. The molecule has 9 heteroatoms. The van der Waals surface area contributed by atoms with Gasteiger partial charge in [-0.15, -0.1) is 5.10 Å². The number of hydrogen-bond donors (Lipinski definition) is 1. The van der Waals surface area contributed by atoms with Crippen LogP contribution >= 0.6 is 11.6 Å². The molecule has 21 heavy (non-hydrogen) atoms. The Morgan fingerprint density at radius 3 is 2.86 bits per heavy atom. The molecule has 0 unspecified atom stereocenters. The van der Waals surface area contributed by atoms with Crippen molar-refractivity contribution >= 4 is 23.2 Å². The summed E-state index contributed by atoms with van der Waals surface area (Å²) in [5.41, 5.74) is 1.29. The highest BCUT2D eigenvalue weighted by Crippen LogP contribution is 2.19. The second kappa shape index (κ2) is 5.63. The Kier molecular flexibility index (Phi) is 3.52. The van der Waals surface area contributed by atoms with E-state index in [9.17, 15) is 4.79 Å². The third-order valence-corrected chi connectivity index (χ3v) is 2.77. The van der Waals surface area contributed by atoms with Crippen LogP contribution in [0.1, 0.15) is 10.5 Å². The molecule has 0 saturated heterocycles. The van der Waals surface area contributed by atoms with E-state index in [4.69, 9.17) is 11.6 Å². The van der Waals surface area contributed by atoms with E-state index in [-0.39, 0.29) is 10.8 Å². The van der Waals surface area contributed by atoms with Crippen LogP contribution < -0.4 is 5.32 Å². The summed E-state index contributed by atoms with van der Waals surface area (Å²) in [4.78, 5) is 19.9. The lowest BCUT2D eigenvalue weighted by Gasteiger charge is -2.09. The van der Waals surface area contributed by atoms with Gasteiger partial charge in [-0.2, -0.15) is 4.68 Å². The molecular weight excluding hydrogens is 294 g/mol. The topological polar surface area (TPSA) is 98.5 Å². The molecule has 8 nitrogen and oxygen atoms in total. The van der Waals surface area contributed by atoms with Gasteiger partial charge in [0.15, 0.2) is 0 Å². The second-order valence-corrected chi connectivity index (χ2v) is 4.34. The fraction of sp³-hybridized carbons (Fsp3) is 0. The quantitative estimate of drug-likeness (QED) is 0.784. The minimum Gasteiger partial charge on any atom is -0.319 e. The summed E-state index contributed by atoms with van der Waals surface area (Å²) in [6, 6.07) is 7.10. The number of benzene rings is 1. The average molecular weight is 302 g/mol. The number of hydrogen-bond acceptors (Lipinski definition) is 6. The summed E-state index contributed by atoms with van der Waals surface area (Å²) in [6.07, 6.45) is 4.12. The van der Waals surface area contributed by atoms with Gasteiger partial charge in [-0.1, -0.05) is 23.7 Å². The summed E-state index contributed by atoms with van der Waals surface area (Å²) in [5.74, 6) is -0.425. The molecular formula is C12H8ClN7O. The molecule has 0 bridgehead atoms. The summed E-state index contributed by atoms with van der Waals surface area (Å²) in [6.45, 7) is 0. The molecule has 104 valence electrons. The lowest BCUT2D eigenvalue weighted by atomic mass is 10.2. The predicted octanol–water partition coefficient (Wildman–Crippen LogP) is 1.36. The maximum atomic E-state index is 12.2. The molecule has 3 aromatic rings. The van der Waals surface area contributed by atoms with Crippen LogP contribution in [0.15, 0.2) is 43.0 Å². The predicted molar refractivity (Wildman–Crippen MR) is 74.1 cm³/mol. The van der Waals surface area contributed by atoms with Crippen molar-refractivity contribution in [2.75, 3.05) is 5.32 Å². The Balaban J connectivity index is 1.90. The van der Waals surface area contributed by atoms with E-state index in [1.54, 1.807) is 18.2 Å². The zero-order chi connectivity index (χ0) is 14.7. The van der Waals surface area contributed by atoms with Crippen molar-refractivity contribution in [3.63, 3.8) is 0 Å². The molecule has 2 aromatic heterocycles. The van der Waals surface area contributed by atoms with Gasteiger partial charge in [-0.3, -0.25) is 9.78 Å². The molecule has 0 saturated carbocycles. The monoisotopic (exact) mass is 301 g/mol. The van der Waals surface area contributed by atoms with E-state index in [1.807, 2.05) is 6.07 Å². The largest absolute Gasteiger partial charge is 0.319 e. The van der Waals surface area contributed by atoms with Crippen molar-refractivity contribution in [1.29, 1.82) is 0 Å². The van der Waals surface area contributed by atoms with Crippen LogP contribution in [-0.2, 0) is 0 Å². The van der Waals surface area contributed by atoms with Crippen LogP contribution in [0.2, 0.25) is 5.15 Å². The minimum absolute atomic E-state index is 0.119. The summed E-state index contributed by atoms with van der Waals surface area (Å²) < 4.78 is 1.44. The molecule has 0 aliphatic rings. The van der Waals surface area contributed by atoms with Crippen molar-refractivity contribution < 1.29 is 4.79 Å². The van der Waals surface area contributed by atoms with Crippen LogP contribution in [0.3, 0.4) is 0 Å². The lowest BCUT2D eigenvalue weighted by molar-refractivity contribution is 0.102. The van der Waals surface area contributed by atoms with Gasteiger partial charge in [0.2, 0.25) is 0 Å². The zero-order valence-electron chi connectivity index (χ0n) is 10.5. The fourth-order valence-corrected chi connectivity index (χ4v) is 1.84. The lowest BCUT2D eigenvalue weighted by Crippen LogP contribution is -2.15. The van der Waals surface area contributed by atoms with E-state index in [1.165, 1.54) is 23.4 Å². The van der Waals surface area contributed by atoms with Gasteiger partial charge in [-0.25, -0.2) is 4.98 Å². The van der Waals surface area contributed by atoms with Crippen LogP contribution in [0, 0.1) is 0 Å². The number of para-hydroxylation sites is 2. The van der Waals surface area contributed by atoms with E-state index in [0.717, 1.165) is 0 Å². The first-order valence-corrected chi connectivity index (χ1v) is 6.23. The second-order valence-electron chi connectivity index (χ2n) is 3.95. The number of rotatable bonds is 3. The molecule has 1 N–H and O–H groups in total. The Hall–Kier alpha value is -2.87. The van der Waals surface area contributed by atoms with Gasteiger partial charge in [0.1, 0.15) is 17.2 Å². The molecule has 0 aliphatic carbocycles. The van der Waals surface area contributed by atoms with Crippen LogP contribution in [0.25, 0.3) is 5.69 Å². The van der Waals surface area contributed by atoms with Crippen molar-refractivity contribution in [2.24, 2.45) is 0 Å². The Labute approximate surface area is 123 Å². The summed E-state index contributed by atoms with van der Waals surface area (Å²) in [5, 5.41) is 13.8. The number of amides is 1. The highest BCUT2D eigenvalue weighted by molar-refractivity contribution is 6.29. The normalized spacial score (nSPS) is 10.3. The first-order chi connectivity index (χ1) is 10.2. The number of tetrazole rings is 1. The third kappa shape index (κ3) is 2.84. The van der Waals surface area contributed by atoms with Crippen molar-refractivity contribution in [3.8, 4) is 5.69 Å². The average Bonchev–Trinajstić information content (AvgIpc) is 3.02. The molecule has 0 radical (unpaired) electrons. The van der Waals surface area contributed by atoms with E-state index in [2.05, 4.69) is 30.8 Å².